The fraction of sp³-hybridized carbons (Fsp3) is 0.176. The Hall–Kier alpha value is -1.96. The second kappa shape index (κ2) is 7.11. The van der Waals surface area contributed by atoms with Crippen molar-refractivity contribution in [2.24, 2.45) is 0 Å². The molecule has 2 aromatic rings. The second-order valence-corrected chi connectivity index (χ2v) is 7.58. The van der Waals surface area contributed by atoms with Crippen LogP contribution in [0.4, 0.5) is 0 Å². The number of aromatic nitrogens is 1. The standard InChI is InChI=1S/C17H13ClN2O3S2/c1-9-2-3-10-7-11(15(18)19-12(10)6-9)8-13-16(23)20(17(24)25-13)5-4-14(21)22/h2-3,6-8H,4-5H2,1H3,(H,21,22)/b13-8-. The van der Waals surface area contributed by atoms with E-state index in [1.807, 2.05) is 31.2 Å². The van der Waals surface area contributed by atoms with Gasteiger partial charge in [-0.2, -0.15) is 0 Å². The third-order valence-corrected chi connectivity index (χ3v) is 5.34. The van der Waals surface area contributed by atoms with Crippen LogP contribution in [0.25, 0.3) is 17.0 Å². The molecule has 0 bridgehead atoms. The van der Waals surface area contributed by atoms with Crippen molar-refractivity contribution < 1.29 is 14.7 Å². The number of rotatable bonds is 4. The topological polar surface area (TPSA) is 70.5 Å². The van der Waals surface area contributed by atoms with E-state index in [0.29, 0.717) is 19.9 Å². The molecule has 3 rings (SSSR count). The fourth-order valence-corrected chi connectivity index (χ4v) is 3.91. The maximum absolute atomic E-state index is 12.4. The summed E-state index contributed by atoms with van der Waals surface area (Å²) in [5.74, 6) is -1.29. The van der Waals surface area contributed by atoms with E-state index in [1.165, 1.54) is 4.90 Å². The number of halogens is 1. The van der Waals surface area contributed by atoms with Crippen LogP contribution in [0.2, 0.25) is 5.15 Å². The molecule has 25 heavy (non-hydrogen) atoms. The summed E-state index contributed by atoms with van der Waals surface area (Å²) in [7, 11) is 0. The van der Waals surface area contributed by atoms with Crippen molar-refractivity contribution >= 4 is 68.8 Å². The number of carboxylic acid groups (broad SMARTS) is 1. The number of hydrogen-bond donors (Lipinski definition) is 1. The predicted octanol–water partition coefficient (Wildman–Crippen LogP) is 3.87. The predicted molar refractivity (Wildman–Crippen MR) is 104 cm³/mol. The summed E-state index contributed by atoms with van der Waals surface area (Å²) in [4.78, 5) is 29.2. The molecule has 2 heterocycles. The van der Waals surface area contributed by atoms with Crippen LogP contribution >= 0.6 is 35.6 Å². The summed E-state index contributed by atoms with van der Waals surface area (Å²) in [6, 6.07) is 7.74. The molecule has 0 unspecified atom stereocenters. The summed E-state index contributed by atoms with van der Waals surface area (Å²) in [5, 5.41) is 9.99. The molecule has 1 fully saturated rings. The monoisotopic (exact) mass is 392 g/mol. The summed E-state index contributed by atoms with van der Waals surface area (Å²) in [5.41, 5.74) is 2.50. The van der Waals surface area contributed by atoms with Gasteiger partial charge < -0.3 is 5.11 Å². The third-order valence-electron chi connectivity index (χ3n) is 3.66. The van der Waals surface area contributed by atoms with Gasteiger partial charge in [0.05, 0.1) is 16.8 Å². The minimum absolute atomic E-state index is 0.0559. The van der Waals surface area contributed by atoms with Crippen LogP contribution < -0.4 is 0 Å². The molecular weight excluding hydrogens is 380 g/mol. The Morgan fingerprint density at radius 3 is 2.92 bits per heavy atom. The minimum Gasteiger partial charge on any atom is -0.481 e. The van der Waals surface area contributed by atoms with Gasteiger partial charge in [0.1, 0.15) is 9.47 Å². The van der Waals surface area contributed by atoms with Gasteiger partial charge in [-0.3, -0.25) is 14.5 Å². The molecule has 0 radical (unpaired) electrons. The second-order valence-electron chi connectivity index (χ2n) is 5.54. The molecule has 1 aromatic heterocycles. The molecule has 1 amide bonds. The van der Waals surface area contributed by atoms with Gasteiger partial charge in [-0.25, -0.2) is 4.98 Å². The molecule has 0 atom stereocenters. The number of carbonyl (C=O) groups is 2. The maximum Gasteiger partial charge on any atom is 0.305 e. The zero-order valence-electron chi connectivity index (χ0n) is 13.2. The number of thioether (sulfide) groups is 1. The van der Waals surface area contributed by atoms with Crippen molar-refractivity contribution in [3.05, 3.63) is 45.5 Å². The molecule has 1 saturated heterocycles. The zero-order valence-corrected chi connectivity index (χ0v) is 15.5. The highest BCUT2D eigenvalue weighted by atomic mass is 35.5. The van der Waals surface area contributed by atoms with Gasteiger partial charge in [0.25, 0.3) is 5.91 Å². The van der Waals surface area contributed by atoms with Gasteiger partial charge in [-0.15, -0.1) is 0 Å². The number of fused-ring (bicyclic) bond motifs is 1. The Bertz CT molecular complexity index is 943. The Balaban J connectivity index is 1.92. The average Bonchev–Trinajstić information content (AvgIpc) is 2.80. The number of amides is 1. The van der Waals surface area contributed by atoms with Crippen LogP contribution in [0, 0.1) is 6.92 Å². The van der Waals surface area contributed by atoms with Crippen LogP contribution in [0.5, 0.6) is 0 Å². The SMILES string of the molecule is Cc1ccc2cc(/C=C3\SC(=S)N(CCC(=O)O)C3=O)c(Cl)nc2c1. The summed E-state index contributed by atoms with van der Waals surface area (Å²) in [6.45, 7) is 2.03. The van der Waals surface area contributed by atoms with E-state index in [-0.39, 0.29) is 18.9 Å². The van der Waals surface area contributed by atoms with Crippen molar-refractivity contribution in [3.8, 4) is 0 Å². The fourth-order valence-electron chi connectivity index (χ4n) is 2.41. The van der Waals surface area contributed by atoms with Gasteiger partial charge in [-0.05, 0) is 30.7 Å². The summed E-state index contributed by atoms with van der Waals surface area (Å²) < 4.78 is 0.345. The van der Waals surface area contributed by atoms with Gasteiger partial charge in [-0.1, -0.05) is 47.7 Å². The molecule has 0 spiro atoms. The molecule has 8 heteroatoms. The van der Waals surface area contributed by atoms with E-state index in [4.69, 9.17) is 28.9 Å². The van der Waals surface area contributed by atoms with E-state index < -0.39 is 5.97 Å². The van der Waals surface area contributed by atoms with E-state index in [1.54, 1.807) is 6.08 Å². The van der Waals surface area contributed by atoms with Gasteiger partial charge in [0.2, 0.25) is 0 Å². The van der Waals surface area contributed by atoms with Crippen molar-refractivity contribution in [3.63, 3.8) is 0 Å². The lowest BCUT2D eigenvalue weighted by molar-refractivity contribution is -0.137. The van der Waals surface area contributed by atoms with Crippen molar-refractivity contribution in [1.29, 1.82) is 0 Å². The molecule has 1 aliphatic heterocycles. The van der Waals surface area contributed by atoms with E-state index in [2.05, 4.69) is 4.98 Å². The van der Waals surface area contributed by atoms with Crippen LogP contribution in [0.1, 0.15) is 17.5 Å². The first-order valence-corrected chi connectivity index (χ1v) is 8.99. The van der Waals surface area contributed by atoms with E-state index in [9.17, 15) is 9.59 Å². The Kier molecular flexibility index (Phi) is 5.08. The number of carboxylic acids is 1. The van der Waals surface area contributed by atoms with Crippen LogP contribution in [0.15, 0.2) is 29.2 Å². The quantitative estimate of drug-likeness (QED) is 0.484. The summed E-state index contributed by atoms with van der Waals surface area (Å²) >= 11 is 12.6. The van der Waals surface area contributed by atoms with Crippen molar-refractivity contribution in [1.82, 2.24) is 9.88 Å². The number of nitrogens with zero attached hydrogens (tertiary/aromatic N) is 2. The number of aliphatic carboxylic acids is 1. The number of benzene rings is 1. The van der Waals surface area contributed by atoms with Crippen LogP contribution in [-0.4, -0.2) is 37.7 Å². The highest BCUT2D eigenvalue weighted by Gasteiger charge is 2.32. The average molecular weight is 393 g/mol. The molecule has 5 nitrogen and oxygen atoms in total. The number of thiocarbonyl (C=S) groups is 1. The smallest absolute Gasteiger partial charge is 0.305 e. The molecule has 0 saturated carbocycles. The lowest BCUT2D eigenvalue weighted by Crippen LogP contribution is -2.30. The number of carbonyl (C=O) groups excluding carboxylic acids is 1. The lowest BCUT2D eigenvalue weighted by atomic mass is 10.1. The van der Waals surface area contributed by atoms with Gasteiger partial charge in [0, 0.05) is 17.5 Å². The number of pyridine rings is 1. The van der Waals surface area contributed by atoms with Crippen molar-refractivity contribution in [2.75, 3.05) is 6.54 Å². The summed E-state index contributed by atoms with van der Waals surface area (Å²) in [6.07, 6.45) is 1.49. The first-order chi connectivity index (χ1) is 11.8. The Labute approximate surface area is 158 Å². The maximum atomic E-state index is 12.4. The van der Waals surface area contributed by atoms with E-state index >= 15 is 0 Å². The first kappa shape index (κ1) is 17.8. The Morgan fingerprint density at radius 2 is 2.20 bits per heavy atom. The third kappa shape index (κ3) is 3.84. The minimum atomic E-state index is -0.977. The molecule has 1 aromatic carbocycles. The van der Waals surface area contributed by atoms with E-state index in [0.717, 1.165) is 28.2 Å². The first-order valence-electron chi connectivity index (χ1n) is 7.39. The molecular formula is C17H13ClN2O3S2. The lowest BCUT2D eigenvalue weighted by Gasteiger charge is -2.12. The number of hydrogen-bond acceptors (Lipinski definition) is 5. The highest BCUT2D eigenvalue weighted by Crippen LogP contribution is 2.34. The molecule has 1 N–H and O–H groups in total. The number of aryl methyl sites for hydroxylation is 1. The largest absolute Gasteiger partial charge is 0.481 e. The molecule has 128 valence electrons. The highest BCUT2D eigenvalue weighted by molar-refractivity contribution is 8.26. The van der Waals surface area contributed by atoms with Crippen molar-refractivity contribution in [2.45, 2.75) is 13.3 Å². The van der Waals surface area contributed by atoms with Crippen LogP contribution in [-0.2, 0) is 9.59 Å². The van der Waals surface area contributed by atoms with Crippen LogP contribution in [0.3, 0.4) is 0 Å². The normalized spacial score (nSPS) is 16.2. The van der Waals surface area contributed by atoms with Gasteiger partial charge in [0.15, 0.2) is 0 Å². The molecule has 1 aliphatic rings. The Morgan fingerprint density at radius 1 is 1.44 bits per heavy atom. The zero-order chi connectivity index (χ0) is 18.1. The molecule has 0 aliphatic carbocycles. The van der Waals surface area contributed by atoms with Gasteiger partial charge >= 0.3 is 5.97 Å².